The van der Waals surface area contributed by atoms with E-state index in [1.165, 1.54) is 72.9 Å². The number of aromatic hydroxyl groups is 2. The Morgan fingerprint density at radius 1 is 1.00 bits per heavy atom. The number of rotatable bonds is 6. The minimum absolute atomic E-state index is 0.0288. The van der Waals surface area contributed by atoms with Crippen molar-refractivity contribution >= 4 is 74.1 Å². The molecule has 2 amide bonds. The molecular weight excluding hydrogens is 919 g/mol. The number of phenols is 2. The van der Waals surface area contributed by atoms with Gasteiger partial charge in [0.15, 0.2) is 18.1 Å². The minimum atomic E-state index is -2.13. The maximum absolute atomic E-state index is 14.5. The number of carbonyl (C=O) groups excluding carboxylic acids is 5. The first-order valence-electron chi connectivity index (χ1n) is 19.7. The summed E-state index contributed by atoms with van der Waals surface area (Å²) in [5, 5.41) is 50.9. The highest BCUT2D eigenvalue weighted by Gasteiger charge is 2.50. The van der Waals surface area contributed by atoms with Gasteiger partial charge in [0.25, 0.3) is 17.6 Å². The highest BCUT2D eigenvalue weighted by molar-refractivity contribution is 14.1. The van der Waals surface area contributed by atoms with Crippen molar-refractivity contribution in [2.75, 3.05) is 24.4 Å². The molecule has 0 radical (unpaired) electrons. The summed E-state index contributed by atoms with van der Waals surface area (Å²) in [7, 11) is 1.39. The van der Waals surface area contributed by atoms with Crippen molar-refractivity contribution < 1.29 is 68.1 Å². The predicted molar refractivity (Wildman–Crippen MR) is 236 cm³/mol. The number of Topliss-reactive ketones (excluding diaryl/α,β-unsaturated/α-hetero) is 2. The molecule has 0 aliphatic carbocycles. The summed E-state index contributed by atoms with van der Waals surface area (Å²) in [5.41, 5.74) is -2.01. The normalized spacial score (nSPS) is 28.9. The first kappa shape index (κ1) is 47.5. The molecule has 0 saturated carbocycles. The molecule has 0 fully saturated rings. The average Bonchev–Trinajstić information content (AvgIpc) is 3.48. The summed E-state index contributed by atoms with van der Waals surface area (Å²) >= 11 is 2.12. The Bertz CT molecular complexity index is 2370. The average molecular weight is 971 g/mol. The molecule has 3 aromatic carbocycles. The lowest BCUT2D eigenvalue weighted by molar-refractivity contribution is -0.160. The molecule has 5 bridgehead atoms. The smallest absolute Gasteiger partial charge is 0.312 e. The Kier molecular flexibility index (Phi) is 14.5. The lowest BCUT2D eigenvalue weighted by Gasteiger charge is -2.37. The van der Waals surface area contributed by atoms with Gasteiger partial charge in [0.1, 0.15) is 29.0 Å². The van der Waals surface area contributed by atoms with Crippen LogP contribution in [0, 0.1) is 28.2 Å². The molecule has 0 spiro atoms. The van der Waals surface area contributed by atoms with Crippen LogP contribution in [-0.2, 0) is 33.4 Å². The number of aliphatic hydroxyl groups is 2. The lowest BCUT2D eigenvalue weighted by atomic mass is 9.78. The second-order valence-corrected chi connectivity index (χ2v) is 17.1. The molecule has 17 heteroatoms. The number of phenolic OH excluding ortho intramolecular Hbond substituents is 2. The number of ether oxygens (including phenoxy) is 5. The van der Waals surface area contributed by atoms with Crippen molar-refractivity contribution in [3.63, 3.8) is 0 Å². The molecule has 6 rings (SSSR count). The van der Waals surface area contributed by atoms with Crippen LogP contribution >= 0.6 is 22.6 Å². The fourth-order valence-electron chi connectivity index (χ4n) is 7.51. The van der Waals surface area contributed by atoms with E-state index in [4.69, 9.17) is 23.7 Å². The van der Waals surface area contributed by atoms with E-state index in [2.05, 4.69) is 33.2 Å². The molecule has 16 nitrogen and oxygen atoms in total. The SMILES string of the molecule is COC1/C=C/OC2(C)Oc3c(C)c(O)c4c(O)c(cc(OCC(=O)Nc5ccc(I)cc5)c4c3C2=O)NC(=O)/C(C)=C\C=C\C(C)(O)C(=O)C(C)C(O)C(C)C(OC(C)=O)C1C. The monoisotopic (exact) mass is 970 g/mol. The van der Waals surface area contributed by atoms with Crippen molar-refractivity contribution in [3.8, 4) is 23.0 Å². The molecule has 332 valence electrons. The number of ketones is 2. The third kappa shape index (κ3) is 9.75. The number of hydrogen-bond donors (Lipinski definition) is 6. The Morgan fingerprint density at radius 3 is 2.29 bits per heavy atom. The number of esters is 1. The van der Waals surface area contributed by atoms with Crippen molar-refractivity contribution in [1.82, 2.24) is 0 Å². The van der Waals surface area contributed by atoms with Crippen LogP contribution in [0.5, 0.6) is 23.0 Å². The predicted octanol–water partition coefficient (Wildman–Crippen LogP) is 5.99. The fourth-order valence-corrected chi connectivity index (χ4v) is 7.87. The van der Waals surface area contributed by atoms with E-state index in [1.807, 2.05) is 0 Å². The van der Waals surface area contributed by atoms with E-state index in [0.717, 1.165) is 15.9 Å². The third-order valence-corrected chi connectivity index (χ3v) is 11.8. The van der Waals surface area contributed by atoms with E-state index < -0.39 is 94.9 Å². The number of aliphatic hydroxyl groups excluding tert-OH is 1. The van der Waals surface area contributed by atoms with Crippen LogP contribution in [0.2, 0.25) is 0 Å². The number of fused-ring (bicyclic) bond motifs is 14. The lowest BCUT2D eigenvalue weighted by Crippen LogP contribution is -2.48. The quantitative estimate of drug-likeness (QED) is 0.0946. The van der Waals surface area contributed by atoms with Gasteiger partial charge in [-0.05, 0) is 79.8 Å². The van der Waals surface area contributed by atoms with Crippen LogP contribution in [0.1, 0.15) is 64.4 Å². The highest BCUT2D eigenvalue weighted by atomic mass is 127. The number of methoxy groups -OCH3 is 1. The van der Waals surface area contributed by atoms with E-state index in [1.54, 1.807) is 38.1 Å². The van der Waals surface area contributed by atoms with Gasteiger partial charge in [-0.3, -0.25) is 24.0 Å². The Hall–Kier alpha value is -5.50. The van der Waals surface area contributed by atoms with Crippen LogP contribution in [0.4, 0.5) is 11.4 Å². The van der Waals surface area contributed by atoms with Gasteiger partial charge in [0, 0.05) is 70.6 Å². The minimum Gasteiger partial charge on any atom is -0.507 e. The topological polar surface area (TPSA) is 236 Å². The number of amides is 2. The zero-order chi connectivity index (χ0) is 46.0. The molecule has 3 aromatic rings. The molecule has 6 N–H and O–H groups in total. The van der Waals surface area contributed by atoms with Gasteiger partial charge in [-0.1, -0.05) is 32.9 Å². The highest BCUT2D eigenvalue weighted by Crippen LogP contribution is 2.54. The van der Waals surface area contributed by atoms with Crippen molar-refractivity contribution in [2.24, 2.45) is 17.8 Å². The van der Waals surface area contributed by atoms with Crippen molar-refractivity contribution in [3.05, 3.63) is 81.2 Å². The summed E-state index contributed by atoms with van der Waals surface area (Å²) in [6.07, 6.45) is 2.96. The van der Waals surface area contributed by atoms with E-state index in [9.17, 15) is 44.4 Å². The summed E-state index contributed by atoms with van der Waals surface area (Å²) < 4.78 is 30.5. The molecule has 3 heterocycles. The van der Waals surface area contributed by atoms with Crippen LogP contribution < -0.4 is 20.1 Å². The number of allylic oxidation sites excluding steroid dienone is 2. The molecule has 8 unspecified atom stereocenters. The van der Waals surface area contributed by atoms with Crippen LogP contribution in [0.3, 0.4) is 0 Å². The molecule has 8 atom stereocenters. The number of nitrogens with one attached hydrogen (secondary N) is 2. The van der Waals surface area contributed by atoms with Gasteiger partial charge >= 0.3 is 11.8 Å². The Labute approximate surface area is 372 Å². The van der Waals surface area contributed by atoms with Gasteiger partial charge in [-0.15, -0.1) is 0 Å². The molecule has 0 saturated heterocycles. The largest absolute Gasteiger partial charge is 0.507 e. The second-order valence-electron chi connectivity index (χ2n) is 15.8. The van der Waals surface area contributed by atoms with Gasteiger partial charge in [0.05, 0.1) is 35.1 Å². The number of anilines is 2. The zero-order valence-corrected chi connectivity index (χ0v) is 37.9. The summed E-state index contributed by atoms with van der Waals surface area (Å²) in [6, 6.07) is 8.17. The molecule has 0 aromatic heterocycles. The van der Waals surface area contributed by atoms with Gasteiger partial charge in [-0.25, -0.2) is 0 Å². The summed E-state index contributed by atoms with van der Waals surface area (Å²) in [5.74, 6) is -9.89. The summed E-state index contributed by atoms with van der Waals surface area (Å²) in [4.78, 5) is 67.2. The second kappa shape index (κ2) is 18.9. The third-order valence-electron chi connectivity index (χ3n) is 11.1. The van der Waals surface area contributed by atoms with Crippen LogP contribution in [0.15, 0.2) is 66.5 Å². The maximum atomic E-state index is 14.5. The number of carbonyl (C=O) groups is 5. The Morgan fingerprint density at radius 2 is 1.66 bits per heavy atom. The fraction of sp³-hybridized carbons (Fsp3) is 0.400. The van der Waals surface area contributed by atoms with Gasteiger partial charge < -0.3 is 54.7 Å². The van der Waals surface area contributed by atoms with Gasteiger partial charge in [0.2, 0.25) is 0 Å². The van der Waals surface area contributed by atoms with Crippen LogP contribution in [0.25, 0.3) is 10.8 Å². The van der Waals surface area contributed by atoms with Gasteiger partial charge in [-0.2, -0.15) is 0 Å². The maximum Gasteiger partial charge on any atom is 0.312 e. The number of halogens is 1. The van der Waals surface area contributed by atoms with Crippen molar-refractivity contribution in [2.45, 2.75) is 85.1 Å². The Balaban J connectivity index is 1.67. The zero-order valence-electron chi connectivity index (χ0n) is 35.7. The molecular formula is C45H51IN2O14. The van der Waals surface area contributed by atoms with E-state index in [0.29, 0.717) is 5.69 Å². The first-order valence-corrected chi connectivity index (χ1v) is 20.7. The van der Waals surface area contributed by atoms with E-state index in [-0.39, 0.29) is 44.7 Å². The standard InChI is InChI=1S/C45H51IN2O14/c1-21-11-10-17-44(7,57)41(54)25(5)36(51)23(3)39(61-26(6)49)22(2)30(58-9)16-18-60-45(8)42(55)35-33-31(59-20-32(50)47-28-14-12-27(46)13-15-28)19-29(48-43(21)56)38(53)34(33)37(52)24(4)40(35)62-45/h10-19,22-23,25,30,36,39,51-53,57H,20H2,1-9H3,(H,47,50)(H,48,56)/b17-10+,18-16+,21-11-. The first-order chi connectivity index (χ1) is 29.0. The number of benzene rings is 3. The molecule has 3 aliphatic heterocycles. The van der Waals surface area contributed by atoms with Crippen LogP contribution in [-0.4, -0.2) is 93.2 Å². The summed E-state index contributed by atoms with van der Waals surface area (Å²) in [6.45, 7) is 10.7. The van der Waals surface area contributed by atoms with Crippen molar-refractivity contribution in [1.29, 1.82) is 0 Å². The van der Waals surface area contributed by atoms with E-state index >= 15 is 0 Å². The molecule has 3 aliphatic rings. The molecule has 62 heavy (non-hydrogen) atoms. The number of hydrogen-bond acceptors (Lipinski definition) is 14.